The summed E-state index contributed by atoms with van der Waals surface area (Å²) in [6, 6.07) is 5.09. The van der Waals surface area contributed by atoms with Crippen molar-refractivity contribution in [2.75, 3.05) is 12.3 Å². The predicted octanol–water partition coefficient (Wildman–Crippen LogP) is 1.12. The predicted molar refractivity (Wildman–Crippen MR) is 69.7 cm³/mol. The number of aryl methyl sites for hydroxylation is 1. The molecule has 0 spiro atoms. The minimum absolute atomic E-state index is 0.309. The second kappa shape index (κ2) is 5.70. The van der Waals surface area contributed by atoms with Crippen LogP contribution in [0.2, 0.25) is 0 Å². The van der Waals surface area contributed by atoms with Gasteiger partial charge in [0.1, 0.15) is 0 Å². The molecule has 0 unspecified atom stereocenters. The highest BCUT2D eigenvalue weighted by molar-refractivity contribution is 7.99. The van der Waals surface area contributed by atoms with Gasteiger partial charge in [0.05, 0.1) is 17.1 Å². The fraction of sp³-hybridized carbons (Fsp3) is 0.273. The average molecular weight is 279 g/mol. The van der Waals surface area contributed by atoms with Crippen LogP contribution in [-0.2, 0) is 11.8 Å². The number of nitrogens with zero attached hydrogens (tertiary/aromatic N) is 4. The Hall–Kier alpha value is -2.09. The molecule has 19 heavy (non-hydrogen) atoms. The van der Waals surface area contributed by atoms with Gasteiger partial charge < -0.3 is 10.5 Å². The SMILES string of the molecule is CCOC(=O)c1cccc(N)c1Sc1nnnn1C. The fourth-order valence-corrected chi connectivity index (χ4v) is 2.31. The van der Waals surface area contributed by atoms with Crippen molar-refractivity contribution in [3.8, 4) is 0 Å². The van der Waals surface area contributed by atoms with E-state index >= 15 is 0 Å². The van der Waals surface area contributed by atoms with Crippen molar-refractivity contribution in [3.63, 3.8) is 0 Å². The number of carbonyl (C=O) groups is 1. The highest BCUT2D eigenvalue weighted by Gasteiger charge is 2.18. The summed E-state index contributed by atoms with van der Waals surface area (Å²) in [4.78, 5) is 12.5. The number of hydrogen-bond donors (Lipinski definition) is 1. The Balaban J connectivity index is 2.38. The summed E-state index contributed by atoms with van der Waals surface area (Å²) in [6.45, 7) is 2.06. The highest BCUT2D eigenvalue weighted by atomic mass is 32.2. The number of anilines is 1. The summed E-state index contributed by atoms with van der Waals surface area (Å²) in [7, 11) is 1.71. The Bertz CT molecular complexity index is 599. The van der Waals surface area contributed by atoms with Gasteiger partial charge in [0.2, 0.25) is 5.16 Å². The number of aromatic nitrogens is 4. The van der Waals surface area contributed by atoms with Gasteiger partial charge in [-0.05, 0) is 41.2 Å². The second-order valence-electron chi connectivity index (χ2n) is 3.63. The van der Waals surface area contributed by atoms with Gasteiger partial charge in [-0.1, -0.05) is 6.07 Å². The Morgan fingerprint density at radius 3 is 2.95 bits per heavy atom. The van der Waals surface area contributed by atoms with Crippen molar-refractivity contribution < 1.29 is 9.53 Å². The first-order valence-electron chi connectivity index (χ1n) is 5.59. The molecule has 0 amide bonds. The maximum Gasteiger partial charge on any atom is 0.339 e. The van der Waals surface area contributed by atoms with E-state index in [0.29, 0.717) is 27.9 Å². The second-order valence-corrected chi connectivity index (χ2v) is 4.61. The van der Waals surface area contributed by atoms with Crippen molar-refractivity contribution >= 4 is 23.4 Å². The van der Waals surface area contributed by atoms with E-state index in [-0.39, 0.29) is 0 Å². The molecule has 8 heteroatoms. The number of nitrogens with two attached hydrogens (primary N) is 1. The van der Waals surface area contributed by atoms with Crippen LogP contribution >= 0.6 is 11.8 Å². The molecule has 0 atom stereocenters. The third kappa shape index (κ3) is 2.84. The lowest BCUT2D eigenvalue weighted by molar-refractivity contribution is 0.0522. The Kier molecular flexibility index (Phi) is 4.00. The van der Waals surface area contributed by atoms with Crippen LogP contribution in [0, 0.1) is 0 Å². The summed E-state index contributed by atoms with van der Waals surface area (Å²) in [6.07, 6.45) is 0. The molecule has 0 bridgehead atoms. The van der Waals surface area contributed by atoms with E-state index in [4.69, 9.17) is 10.5 Å². The Labute approximate surface area is 114 Å². The molecule has 0 aliphatic rings. The largest absolute Gasteiger partial charge is 0.462 e. The maximum absolute atomic E-state index is 11.9. The van der Waals surface area contributed by atoms with E-state index in [9.17, 15) is 4.79 Å². The third-order valence-electron chi connectivity index (χ3n) is 2.32. The molecule has 100 valence electrons. The van der Waals surface area contributed by atoms with Crippen molar-refractivity contribution in [2.45, 2.75) is 17.0 Å². The number of hydrogen-bond acceptors (Lipinski definition) is 7. The van der Waals surface area contributed by atoms with Gasteiger partial charge in [0, 0.05) is 12.7 Å². The number of benzene rings is 1. The molecule has 0 aliphatic carbocycles. The Morgan fingerprint density at radius 1 is 1.53 bits per heavy atom. The fourth-order valence-electron chi connectivity index (χ4n) is 1.44. The third-order valence-corrected chi connectivity index (χ3v) is 3.50. The van der Waals surface area contributed by atoms with Gasteiger partial charge in [-0.3, -0.25) is 0 Å². The molecule has 0 fully saturated rings. The van der Waals surface area contributed by atoms with Gasteiger partial charge in [-0.15, -0.1) is 5.10 Å². The molecule has 2 aromatic rings. The zero-order chi connectivity index (χ0) is 13.8. The van der Waals surface area contributed by atoms with E-state index in [1.54, 1.807) is 32.2 Å². The average Bonchev–Trinajstić information content (AvgIpc) is 2.78. The van der Waals surface area contributed by atoms with Crippen molar-refractivity contribution in [3.05, 3.63) is 23.8 Å². The first kappa shape index (κ1) is 13.3. The molecule has 0 radical (unpaired) electrons. The van der Waals surface area contributed by atoms with Crippen LogP contribution in [-0.4, -0.2) is 32.8 Å². The standard InChI is InChI=1S/C11H13N5O2S/c1-3-18-10(17)7-5-4-6-8(12)9(7)19-11-13-14-15-16(11)2/h4-6H,3,12H2,1-2H3. The minimum atomic E-state index is -0.410. The smallest absolute Gasteiger partial charge is 0.339 e. The van der Waals surface area contributed by atoms with Crippen LogP contribution < -0.4 is 5.73 Å². The van der Waals surface area contributed by atoms with Gasteiger partial charge in [-0.2, -0.15) is 0 Å². The normalized spacial score (nSPS) is 10.4. The van der Waals surface area contributed by atoms with Crippen LogP contribution in [0.1, 0.15) is 17.3 Å². The van der Waals surface area contributed by atoms with Crippen molar-refractivity contribution in [1.29, 1.82) is 0 Å². The summed E-state index contributed by atoms with van der Waals surface area (Å²) in [5.41, 5.74) is 6.81. The quantitative estimate of drug-likeness (QED) is 0.661. The zero-order valence-electron chi connectivity index (χ0n) is 10.5. The van der Waals surface area contributed by atoms with Gasteiger partial charge in [0.15, 0.2) is 0 Å². The van der Waals surface area contributed by atoms with E-state index in [1.165, 1.54) is 16.4 Å². The lowest BCUT2D eigenvalue weighted by atomic mass is 10.2. The van der Waals surface area contributed by atoms with Crippen LogP contribution in [0.4, 0.5) is 5.69 Å². The number of esters is 1. The molecule has 2 N–H and O–H groups in total. The van der Waals surface area contributed by atoms with Gasteiger partial charge in [0.25, 0.3) is 0 Å². The number of nitrogen functional groups attached to an aromatic ring is 1. The molecule has 1 aromatic carbocycles. The van der Waals surface area contributed by atoms with E-state index in [0.717, 1.165) is 0 Å². The molecule has 0 saturated heterocycles. The molecular weight excluding hydrogens is 266 g/mol. The highest BCUT2D eigenvalue weighted by Crippen LogP contribution is 2.33. The molecule has 0 saturated carbocycles. The Morgan fingerprint density at radius 2 is 2.32 bits per heavy atom. The lowest BCUT2D eigenvalue weighted by Crippen LogP contribution is -2.08. The molecule has 2 rings (SSSR count). The summed E-state index contributed by atoms with van der Waals surface area (Å²) in [5.74, 6) is -0.410. The van der Waals surface area contributed by atoms with E-state index in [2.05, 4.69) is 15.5 Å². The number of ether oxygens (including phenoxy) is 1. The monoisotopic (exact) mass is 279 g/mol. The van der Waals surface area contributed by atoms with Crippen molar-refractivity contribution in [1.82, 2.24) is 20.2 Å². The maximum atomic E-state index is 11.9. The van der Waals surface area contributed by atoms with Crippen LogP contribution in [0.3, 0.4) is 0 Å². The van der Waals surface area contributed by atoms with E-state index < -0.39 is 5.97 Å². The molecule has 7 nitrogen and oxygen atoms in total. The molecule has 1 heterocycles. The molecule has 1 aromatic heterocycles. The topological polar surface area (TPSA) is 95.9 Å². The van der Waals surface area contributed by atoms with Crippen molar-refractivity contribution in [2.24, 2.45) is 7.05 Å². The first-order chi connectivity index (χ1) is 9.13. The minimum Gasteiger partial charge on any atom is -0.462 e. The summed E-state index contributed by atoms with van der Waals surface area (Å²) in [5, 5.41) is 11.7. The van der Waals surface area contributed by atoms with Crippen LogP contribution in [0.15, 0.2) is 28.3 Å². The number of rotatable bonds is 4. The number of carbonyl (C=O) groups excluding carboxylic acids is 1. The molecular formula is C11H13N5O2S. The lowest BCUT2D eigenvalue weighted by Gasteiger charge is -2.09. The van der Waals surface area contributed by atoms with Gasteiger partial charge >= 0.3 is 5.97 Å². The summed E-state index contributed by atoms with van der Waals surface area (Å²) < 4.78 is 6.51. The van der Waals surface area contributed by atoms with Crippen LogP contribution in [0.25, 0.3) is 0 Å². The van der Waals surface area contributed by atoms with Crippen LogP contribution in [0.5, 0.6) is 0 Å². The zero-order valence-corrected chi connectivity index (χ0v) is 11.3. The van der Waals surface area contributed by atoms with Gasteiger partial charge in [-0.25, -0.2) is 9.48 Å². The van der Waals surface area contributed by atoms with E-state index in [1.807, 2.05) is 0 Å². The number of tetrazole rings is 1. The summed E-state index contributed by atoms with van der Waals surface area (Å²) >= 11 is 1.23. The first-order valence-corrected chi connectivity index (χ1v) is 6.41. The molecule has 0 aliphatic heterocycles.